The molecule has 1 aromatic carbocycles. The fourth-order valence-corrected chi connectivity index (χ4v) is 1.90. The van der Waals surface area contributed by atoms with Gasteiger partial charge in [0.1, 0.15) is 5.60 Å². The number of morpholine rings is 1. The van der Waals surface area contributed by atoms with Gasteiger partial charge in [-0.05, 0) is 24.6 Å². The van der Waals surface area contributed by atoms with Crippen LogP contribution in [0.5, 0.6) is 0 Å². The van der Waals surface area contributed by atoms with Crippen molar-refractivity contribution in [3.63, 3.8) is 0 Å². The lowest BCUT2D eigenvalue weighted by Crippen LogP contribution is -2.36. The predicted molar refractivity (Wildman–Crippen MR) is 67.9 cm³/mol. The second kappa shape index (κ2) is 4.79. The van der Waals surface area contributed by atoms with Crippen LogP contribution in [0.4, 0.5) is 5.69 Å². The third-order valence-corrected chi connectivity index (χ3v) is 3.09. The van der Waals surface area contributed by atoms with Gasteiger partial charge in [0.15, 0.2) is 0 Å². The molecule has 1 saturated heterocycles. The molecule has 3 heteroatoms. The van der Waals surface area contributed by atoms with E-state index in [2.05, 4.69) is 10.8 Å². The van der Waals surface area contributed by atoms with Crippen LogP contribution < -0.4 is 4.90 Å². The van der Waals surface area contributed by atoms with Gasteiger partial charge in [0.05, 0.1) is 13.2 Å². The molecule has 0 aliphatic carbocycles. The van der Waals surface area contributed by atoms with Crippen molar-refractivity contribution in [2.24, 2.45) is 0 Å². The first kappa shape index (κ1) is 12.0. The van der Waals surface area contributed by atoms with Gasteiger partial charge < -0.3 is 14.7 Å². The van der Waals surface area contributed by atoms with E-state index in [9.17, 15) is 5.11 Å². The molecule has 1 aliphatic rings. The number of nitrogens with zero attached hydrogens (tertiary/aromatic N) is 1. The van der Waals surface area contributed by atoms with Gasteiger partial charge in [0, 0.05) is 18.8 Å². The summed E-state index contributed by atoms with van der Waals surface area (Å²) in [6.45, 7) is 4.97. The molecule has 0 amide bonds. The van der Waals surface area contributed by atoms with Crippen molar-refractivity contribution < 1.29 is 9.84 Å². The fourth-order valence-electron chi connectivity index (χ4n) is 1.90. The summed E-state index contributed by atoms with van der Waals surface area (Å²) in [6, 6.07) is 7.74. The Bertz CT molecular complexity index is 411. The van der Waals surface area contributed by atoms with Gasteiger partial charge in [-0.15, -0.1) is 6.42 Å². The largest absolute Gasteiger partial charge is 0.378 e. The highest BCUT2D eigenvalue weighted by Crippen LogP contribution is 2.23. The van der Waals surface area contributed by atoms with Crippen LogP contribution in [-0.2, 0) is 10.3 Å². The van der Waals surface area contributed by atoms with Crippen LogP contribution in [0.2, 0.25) is 0 Å². The van der Waals surface area contributed by atoms with Crippen LogP contribution in [0.15, 0.2) is 24.3 Å². The SMILES string of the molecule is C#CC(C)(O)c1ccc(N2CCOCC2)cc1. The number of benzene rings is 1. The van der Waals surface area contributed by atoms with E-state index >= 15 is 0 Å². The first-order valence-corrected chi connectivity index (χ1v) is 5.77. The highest BCUT2D eigenvalue weighted by molar-refractivity contribution is 5.49. The molecule has 0 saturated carbocycles. The van der Waals surface area contributed by atoms with E-state index in [-0.39, 0.29) is 0 Å². The van der Waals surface area contributed by atoms with Crippen LogP contribution in [0.1, 0.15) is 12.5 Å². The zero-order chi connectivity index (χ0) is 12.3. The maximum atomic E-state index is 9.93. The number of ether oxygens (including phenoxy) is 1. The summed E-state index contributed by atoms with van der Waals surface area (Å²) >= 11 is 0. The molecule has 1 unspecified atom stereocenters. The quantitative estimate of drug-likeness (QED) is 0.780. The summed E-state index contributed by atoms with van der Waals surface area (Å²) in [4.78, 5) is 2.26. The lowest BCUT2D eigenvalue weighted by Gasteiger charge is -2.29. The first-order valence-electron chi connectivity index (χ1n) is 5.77. The Balaban J connectivity index is 2.15. The summed E-state index contributed by atoms with van der Waals surface area (Å²) in [5.41, 5.74) is 0.700. The minimum absolute atomic E-state index is 0.747. The number of aliphatic hydroxyl groups is 1. The molecule has 0 spiro atoms. The van der Waals surface area contributed by atoms with Crippen molar-refractivity contribution in [1.82, 2.24) is 0 Å². The fraction of sp³-hybridized carbons (Fsp3) is 0.429. The second-order valence-electron chi connectivity index (χ2n) is 4.36. The molecule has 1 aliphatic heterocycles. The molecule has 1 atom stereocenters. The van der Waals surface area contributed by atoms with Crippen molar-refractivity contribution >= 4 is 5.69 Å². The van der Waals surface area contributed by atoms with E-state index in [0.29, 0.717) is 0 Å². The van der Waals surface area contributed by atoms with Crippen LogP contribution in [-0.4, -0.2) is 31.4 Å². The summed E-state index contributed by atoms with van der Waals surface area (Å²) in [6.07, 6.45) is 5.29. The molecule has 0 radical (unpaired) electrons. The van der Waals surface area contributed by atoms with Crippen LogP contribution >= 0.6 is 0 Å². The molecule has 0 aromatic heterocycles. The third-order valence-electron chi connectivity index (χ3n) is 3.09. The molecule has 1 fully saturated rings. The number of terminal acetylenes is 1. The standard InChI is InChI=1S/C14H17NO2/c1-3-14(2,16)12-4-6-13(7-5-12)15-8-10-17-11-9-15/h1,4-7,16H,8-11H2,2H3. The molecule has 1 aromatic rings. The van der Waals surface area contributed by atoms with E-state index in [1.165, 1.54) is 0 Å². The Morgan fingerprint density at radius 1 is 1.29 bits per heavy atom. The molecule has 1 heterocycles. The zero-order valence-electron chi connectivity index (χ0n) is 10.0. The van der Waals surface area contributed by atoms with Crippen molar-refractivity contribution in [1.29, 1.82) is 0 Å². The summed E-state index contributed by atoms with van der Waals surface area (Å²) in [5, 5.41) is 9.93. The summed E-state index contributed by atoms with van der Waals surface area (Å²) < 4.78 is 5.31. The Morgan fingerprint density at radius 2 is 1.88 bits per heavy atom. The summed E-state index contributed by atoms with van der Waals surface area (Å²) in [7, 11) is 0. The molecular weight excluding hydrogens is 214 g/mol. The van der Waals surface area contributed by atoms with Gasteiger partial charge in [0.25, 0.3) is 0 Å². The molecule has 1 N–H and O–H groups in total. The average Bonchev–Trinajstić information content (AvgIpc) is 2.40. The minimum Gasteiger partial charge on any atom is -0.378 e. The van der Waals surface area contributed by atoms with Gasteiger partial charge in [0.2, 0.25) is 0 Å². The number of rotatable bonds is 2. The maximum Gasteiger partial charge on any atom is 0.147 e. The van der Waals surface area contributed by atoms with E-state index in [1.807, 2.05) is 24.3 Å². The number of hydrogen-bond donors (Lipinski definition) is 1. The van der Waals surface area contributed by atoms with Crippen molar-refractivity contribution in [3.05, 3.63) is 29.8 Å². The van der Waals surface area contributed by atoms with E-state index < -0.39 is 5.60 Å². The molecular formula is C14H17NO2. The average molecular weight is 231 g/mol. The van der Waals surface area contributed by atoms with Crippen molar-refractivity contribution in [2.75, 3.05) is 31.2 Å². The number of anilines is 1. The van der Waals surface area contributed by atoms with Gasteiger partial charge in [-0.25, -0.2) is 0 Å². The van der Waals surface area contributed by atoms with E-state index in [0.717, 1.165) is 37.6 Å². The zero-order valence-corrected chi connectivity index (χ0v) is 10.0. The van der Waals surface area contributed by atoms with Gasteiger partial charge in [-0.3, -0.25) is 0 Å². The minimum atomic E-state index is -1.19. The highest BCUT2D eigenvalue weighted by atomic mass is 16.5. The van der Waals surface area contributed by atoms with Crippen molar-refractivity contribution in [3.8, 4) is 12.3 Å². The lowest BCUT2D eigenvalue weighted by atomic mass is 9.97. The Morgan fingerprint density at radius 3 is 2.41 bits per heavy atom. The lowest BCUT2D eigenvalue weighted by molar-refractivity contribution is 0.121. The molecule has 90 valence electrons. The van der Waals surface area contributed by atoms with Gasteiger partial charge in [-0.2, -0.15) is 0 Å². The third kappa shape index (κ3) is 2.60. The van der Waals surface area contributed by atoms with Crippen LogP contribution in [0, 0.1) is 12.3 Å². The van der Waals surface area contributed by atoms with Crippen LogP contribution in [0.3, 0.4) is 0 Å². The maximum absolute atomic E-state index is 9.93. The predicted octanol–water partition coefficient (Wildman–Crippen LogP) is 1.36. The highest BCUT2D eigenvalue weighted by Gasteiger charge is 2.19. The number of hydrogen-bond acceptors (Lipinski definition) is 3. The van der Waals surface area contributed by atoms with Crippen molar-refractivity contribution in [2.45, 2.75) is 12.5 Å². The molecule has 17 heavy (non-hydrogen) atoms. The van der Waals surface area contributed by atoms with Gasteiger partial charge in [-0.1, -0.05) is 18.1 Å². The smallest absolute Gasteiger partial charge is 0.147 e. The van der Waals surface area contributed by atoms with Gasteiger partial charge >= 0.3 is 0 Å². The molecule has 2 rings (SSSR count). The summed E-state index contributed by atoms with van der Waals surface area (Å²) in [5.74, 6) is 2.38. The Kier molecular flexibility index (Phi) is 3.37. The second-order valence-corrected chi connectivity index (χ2v) is 4.36. The molecule has 3 nitrogen and oxygen atoms in total. The topological polar surface area (TPSA) is 32.7 Å². The molecule has 0 bridgehead atoms. The van der Waals surface area contributed by atoms with Crippen LogP contribution in [0.25, 0.3) is 0 Å². The monoisotopic (exact) mass is 231 g/mol. The first-order chi connectivity index (χ1) is 8.13. The van der Waals surface area contributed by atoms with E-state index in [1.54, 1.807) is 6.92 Å². The Labute approximate surface area is 102 Å². The van der Waals surface area contributed by atoms with E-state index in [4.69, 9.17) is 11.2 Å². The Hall–Kier alpha value is -1.50. The normalized spacial score (nSPS) is 19.5.